The van der Waals surface area contributed by atoms with Crippen LogP contribution in [0.3, 0.4) is 0 Å². The van der Waals surface area contributed by atoms with Crippen molar-refractivity contribution in [2.75, 3.05) is 95.9 Å². The second-order valence-corrected chi connectivity index (χ2v) is 22.0. The number of benzene rings is 3. The van der Waals surface area contributed by atoms with Gasteiger partial charge in [-0.1, -0.05) is 36.2 Å². The molecule has 0 radical (unpaired) electrons. The lowest BCUT2D eigenvalue weighted by molar-refractivity contribution is -0.0435. The van der Waals surface area contributed by atoms with E-state index in [0.29, 0.717) is 80.2 Å². The minimum absolute atomic E-state index is 0.0138. The minimum atomic E-state index is -6.04. The smallest absolute Gasteiger partial charge is 0.455 e. The number of alkyl halides is 3. The summed E-state index contributed by atoms with van der Waals surface area (Å²) in [6.45, 7) is 9.95. The van der Waals surface area contributed by atoms with Crippen molar-refractivity contribution in [3.8, 4) is 11.5 Å². The van der Waals surface area contributed by atoms with Crippen LogP contribution in [-0.4, -0.2) is 134 Å². The first-order valence-corrected chi connectivity index (χ1v) is 26.2. The Kier molecular flexibility index (Phi) is 15.3. The molecule has 2 fully saturated rings. The van der Waals surface area contributed by atoms with E-state index >= 15 is 0 Å². The number of anilines is 2. The van der Waals surface area contributed by atoms with Gasteiger partial charge in [0.25, 0.3) is 25.8 Å². The molecule has 1 aliphatic carbocycles. The van der Waals surface area contributed by atoms with Gasteiger partial charge in [-0.25, -0.2) is 26.5 Å². The van der Waals surface area contributed by atoms with Crippen LogP contribution in [0.4, 0.5) is 24.5 Å². The molecule has 2 aliphatic heterocycles. The second-order valence-electron chi connectivity index (χ2n) is 18.0. The van der Waals surface area contributed by atoms with Crippen LogP contribution in [0.25, 0.3) is 16.6 Å². The van der Waals surface area contributed by atoms with Crippen LogP contribution < -0.4 is 25.0 Å². The van der Waals surface area contributed by atoms with E-state index in [4.69, 9.17) is 21.1 Å². The Bertz CT molecular complexity index is 2910. The van der Waals surface area contributed by atoms with Crippen molar-refractivity contribution in [1.82, 2.24) is 29.8 Å². The zero-order valence-electron chi connectivity index (χ0n) is 38.4. The number of halogens is 4. The number of allylic oxidation sites excluding steroid dienone is 1. The normalized spacial score (nSPS) is 19.0. The highest BCUT2D eigenvalue weighted by Gasteiger charge is 2.48. The number of sulfone groups is 1. The fourth-order valence-electron chi connectivity index (χ4n) is 9.31. The summed E-state index contributed by atoms with van der Waals surface area (Å²) < 4.78 is 109. The van der Waals surface area contributed by atoms with Gasteiger partial charge < -0.3 is 30.0 Å². The number of piperazine rings is 1. The van der Waals surface area contributed by atoms with Crippen molar-refractivity contribution >= 4 is 65.3 Å². The lowest BCUT2D eigenvalue weighted by atomic mass is 9.71. The molecule has 21 heteroatoms. The Morgan fingerprint density at radius 3 is 2.42 bits per heavy atom. The molecule has 1 amide bonds. The number of hydrogen-bond acceptors (Lipinski definition) is 13. The van der Waals surface area contributed by atoms with Gasteiger partial charge in [-0.05, 0) is 110 Å². The van der Waals surface area contributed by atoms with Crippen LogP contribution >= 0.6 is 11.6 Å². The van der Waals surface area contributed by atoms with Crippen molar-refractivity contribution < 1.29 is 44.3 Å². The number of ether oxygens (including phenoxy) is 2. The van der Waals surface area contributed by atoms with Crippen LogP contribution in [-0.2, 0) is 24.6 Å². The standard InChI is InChI=1S/C48H56ClF3N8O7S2/c1-47(32-53-2)14-12-40(33-4-6-36(49)7-5-33)35(29-47)31-59-18-20-60(21-19-59)37-8-10-41(43(27-37)67-38-26-34-13-16-55-45(34)56-30-38)46(61)57-69(64,65)39-9-11-42(44(28-39)68(62,63)48(50,51)52)54-15-3-17-58-22-24-66-25-23-58/h4-11,13,16,26-28,30,53-54H,3,12,14-15,17-25,29,31-32H2,1-2H3,(H,55,56)(H,57,61)/t47-/m1/s1. The van der Waals surface area contributed by atoms with Crippen LogP contribution in [0.5, 0.6) is 11.5 Å². The van der Waals surface area contributed by atoms with Gasteiger partial charge in [0.05, 0.1) is 35.6 Å². The fourth-order valence-corrected chi connectivity index (χ4v) is 11.5. The van der Waals surface area contributed by atoms with Crippen LogP contribution in [0.1, 0.15) is 48.5 Å². The molecule has 1 atom stereocenters. The summed E-state index contributed by atoms with van der Waals surface area (Å²) in [5.41, 5.74) is -1.01. The third-order valence-electron chi connectivity index (χ3n) is 13.0. The van der Waals surface area contributed by atoms with Gasteiger partial charge >= 0.3 is 5.51 Å². The highest BCUT2D eigenvalue weighted by molar-refractivity contribution is 7.92. The summed E-state index contributed by atoms with van der Waals surface area (Å²) in [5, 5.41) is 7.52. The van der Waals surface area contributed by atoms with E-state index < -0.39 is 46.8 Å². The van der Waals surface area contributed by atoms with E-state index in [-0.39, 0.29) is 29.0 Å². The highest BCUT2D eigenvalue weighted by Crippen LogP contribution is 2.43. The average Bonchev–Trinajstić information content (AvgIpc) is 3.79. The molecule has 15 nitrogen and oxygen atoms in total. The molecule has 0 saturated carbocycles. The van der Waals surface area contributed by atoms with E-state index in [2.05, 4.69) is 54.4 Å². The summed E-state index contributed by atoms with van der Waals surface area (Å²) in [5.74, 6) is -0.927. The van der Waals surface area contributed by atoms with E-state index in [0.717, 1.165) is 57.6 Å². The van der Waals surface area contributed by atoms with E-state index in [9.17, 15) is 34.8 Å². The number of fused-ring (bicyclic) bond motifs is 1. The highest BCUT2D eigenvalue weighted by atomic mass is 35.5. The van der Waals surface area contributed by atoms with Crippen molar-refractivity contribution in [3.63, 3.8) is 0 Å². The largest absolute Gasteiger partial charge is 0.501 e. The first-order chi connectivity index (χ1) is 32.9. The Morgan fingerprint density at radius 2 is 1.70 bits per heavy atom. The number of morpholine rings is 1. The van der Waals surface area contributed by atoms with Crippen LogP contribution in [0.2, 0.25) is 5.02 Å². The summed E-state index contributed by atoms with van der Waals surface area (Å²) in [7, 11) is -9.02. The molecule has 8 rings (SSSR count). The number of nitrogens with one attached hydrogen (secondary N) is 4. The molecule has 0 unspecified atom stereocenters. The SMILES string of the molecule is CNC[C@]1(C)CCC(c2ccc(Cl)cc2)=C(CN2CCN(c3ccc(C(=O)NS(=O)(=O)c4ccc(NCCCN5CCOCC5)c(S(=O)(=O)C(F)(F)F)c4)c(Oc4cnc5[nH]ccc5c4)c3)CC2)C1. The number of pyridine rings is 1. The molecule has 2 aromatic heterocycles. The van der Waals surface area contributed by atoms with Gasteiger partial charge in [0.1, 0.15) is 22.0 Å². The van der Waals surface area contributed by atoms with E-state index in [1.165, 1.54) is 29.0 Å². The van der Waals surface area contributed by atoms with Gasteiger partial charge in [-0.3, -0.25) is 14.6 Å². The molecule has 0 spiro atoms. The first kappa shape index (κ1) is 50.2. The van der Waals surface area contributed by atoms with Crippen molar-refractivity contribution in [2.24, 2.45) is 5.41 Å². The van der Waals surface area contributed by atoms with Gasteiger partial charge in [-0.2, -0.15) is 13.2 Å². The second kappa shape index (κ2) is 21.0. The molecule has 370 valence electrons. The first-order valence-electron chi connectivity index (χ1n) is 22.8. The maximum atomic E-state index is 14.0. The number of carbonyl (C=O) groups is 1. The quantitative estimate of drug-likeness (QED) is 0.0673. The zero-order valence-corrected chi connectivity index (χ0v) is 40.8. The lowest BCUT2D eigenvalue weighted by Crippen LogP contribution is -2.47. The molecule has 5 aromatic rings. The predicted octanol–water partition coefficient (Wildman–Crippen LogP) is 7.54. The summed E-state index contributed by atoms with van der Waals surface area (Å²) in [6.07, 6.45) is 6.60. The Morgan fingerprint density at radius 1 is 0.942 bits per heavy atom. The molecular formula is C48H56ClF3N8O7S2. The third-order valence-corrected chi connectivity index (χ3v) is 16.1. The maximum absolute atomic E-state index is 14.0. The number of H-pyrrole nitrogens is 1. The van der Waals surface area contributed by atoms with Crippen molar-refractivity contribution in [1.29, 1.82) is 0 Å². The lowest BCUT2D eigenvalue weighted by Gasteiger charge is -2.41. The summed E-state index contributed by atoms with van der Waals surface area (Å²) >= 11 is 6.25. The molecule has 4 heterocycles. The van der Waals surface area contributed by atoms with Gasteiger partial charge in [-0.15, -0.1) is 0 Å². The number of aromatic nitrogens is 2. The third kappa shape index (κ3) is 11.9. The number of carbonyl (C=O) groups excluding carboxylic acids is 1. The number of sulfonamides is 1. The Labute approximate surface area is 405 Å². The van der Waals surface area contributed by atoms with Crippen molar-refractivity contribution in [2.45, 2.75) is 47.9 Å². The van der Waals surface area contributed by atoms with Gasteiger partial charge in [0.2, 0.25) is 0 Å². The molecule has 3 aromatic carbocycles. The Hall–Kier alpha value is -5.22. The minimum Gasteiger partial charge on any atom is -0.455 e. The predicted molar refractivity (Wildman–Crippen MR) is 260 cm³/mol. The summed E-state index contributed by atoms with van der Waals surface area (Å²) in [6, 6.07) is 18.6. The fraction of sp³-hybridized carbons (Fsp3) is 0.417. The molecule has 2 saturated heterocycles. The monoisotopic (exact) mass is 1010 g/mol. The van der Waals surface area contributed by atoms with E-state index in [1.54, 1.807) is 30.5 Å². The topological polar surface area (TPSA) is 178 Å². The molecule has 0 bridgehead atoms. The average molecular weight is 1010 g/mol. The number of hydrogen-bond donors (Lipinski definition) is 4. The number of nitrogens with zero attached hydrogens (tertiary/aromatic N) is 4. The Balaban J connectivity index is 1.02. The van der Waals surface area contributed by atoms with Crippen molar-refractivity contribution in [3.05, 3.63) is 107 Å². The molecule has 69 heavy (non-hydrogen) atoms. The molecule has 3 aliphatic rings. The van der Waals surface area contributed by atoms with Crippen LogP contribution in [0.15, 0.2) is 101 Å². The van der Waals surface area contributed by atoms with Gasteiger partial charge in [0.15, 0.2) is 0 Å². The van der Waals surface area contributed by atoms with Crippen LogP contribution in [0, 0.1) is 5.41 Å². The number of amides is 1. The van der Waals surface area contributed by atoms with E-state index in [1.807, 2.05) is 23.9 Å². The maximum Gasteiger partial charge on any atom is 0.501 e. The molecule has 4 N–H and O–H groups in total. The molecular weight excluding hydrogens is 957 g/mol. The number of aromatic amines is 1. The summed E-state index contributed by atoms with van der Waals surface area (Å²) in [4.78, 5) is 26.0. The van der Waals surface area contributed by atoms with Gasteiger partial charge in [0, 0.05) is 87.3 Å². The zero-order chi connectivity index (χ0) is 49.0. The number of rotatable bonds is 17.